The number of amides is 1. The molecule has 1 rings (SSSR count). The van der Waals surface area contributed by atoms with Gasteiger partial charge in [0, 0.05) is 24.6 Å². The molecule has 0 aromatic heterocycles. The van der Waals surface area contributed by atoms with Crippen molar-refractivity contribution in [1.29, 1.82) is 0 Å². The molecule has 0 aliphatic carbocycles. The molecule has 1 aromatic carbocycles. The fraction of sp³-hybridized carbons (Fsp3) is 0.500. The first-order valence-electron chi connectivity index (χ1n) is 6.31. The average molecular weight is 268 g/mol. The van der Waals surface area contributed by atoms with Crippen LogP contribution in [0.5, 0.6) is 5.75 Å². The van der Waals surface area contributed by atoms with E-state index >= 15 is 0 Å². The lowest BCUT2D eigenvalue weighted by atomic mass is 10.1. The normalized spacial score (nSPS) is 11.2. The Kier molecular flexibility index (Phi) is 5.76. The van der Waals surface area contributed by atoms with Gasteiger partial charge < -0.3 is 15.8 Å². The van der Waals surface area contributed by atoms with Crippen molar-refractivity contribution in [2.24, 2.45) is 5.73 Å². The highest BCUT2D eigenvalue weighted by Crippen LogP contribution is 2.12. The van der Waals surface area contributed by atoms with Gasteiger partial charge in [-0.1, -0.05) is 6.07 Å². The molecule has 1 aromatic rings. The molecule has 0 unspecified atom stereocenters. The zero-order chi connectivity index (χ0) is 14.3. The van der Waals surface area contributed by atoms with Crippen LogP contribution < -0.4 is 15.8 Å². The third kappa shape index (κ3) is 7.41. The van der Waals surface area contributed by atoms with E-state index in [4.69, 9.17) is 10.5 Å². The van der Waals surface area contributed by atoms with Gasteiger partial charge in [0.2, 0.25) is 5.91 Å². The number of hydrogen-bond acceptors (Lipinski definition) is 3. The Hall–Kier alpha value is -1.62. The maximum atomic E-state index is 12.9. The zero-order valence-electron chi connectivity index (χ0n) is 11.4. The van der Waals surface area contributed by atoms with Gasteiger partial charge in [0.25, 0.3) is 0 Å². The van der Waals surface area contributed by atoms with Crippen molar-refractivity contribution in [2.45, 2.75) is 32.2 Å². The van der Waals surface area contributed by atoms with Gasteiger partial charge in [-0.3, -0.25) is 4.79 Å². The van der Waals surface area contributed by atoms with E-state index in [1.165, 1.54) is 12.1 Å². The monoisotopic (exact) mass is 268 g/mol. The lowest BCUT2D eigenvalue weighted by Gasteiger charge is -2.18. The lowest BCUT2D eigenvalue weighted by molar-refractivity contribution is -0.121. The summed E-state index contributed by atoms with van der Waals surface area (Å²) in [6, 6.07) is 5.94. The van der Waals surface area contributed by atoms with Crippen LogP contribution in [0.2, 0.25) is 0 Å². The van der Waals surface area contributed by atoms with Crippen molar-refractivity contribution in [3.05, 3.63) is 30.1 Å². The lowest BCUT2D eigenvalue weighted by Crippen LogP contribution is -2.45. The minimum Gasteiger partial charge on any atom is -0.493 e. The second-order valence-corrected chi connectivity index (χ2v) is 5.17. The number of hydrogen-bond donors (Lipinski definition) is 2. The molecular weight excluding hydrogens is 247 g/mol. The van der Waals surface area contributed by atoms with Gasteiger partial charge in [0.1, 0.15) is 11.6 Å². The molecule has 106 valence electrons. The van der Waals surface area contributed by atoms with E-state index < -0.39 is 5.54 Å². The molecule has 0 atom stereocenters. The third-order valence-corrected chi connectivity index (χ3v) is 2.35. The molecule has 0 aliphatic heterocycles. The largest absolute Gasteiger partial charge is 0.493 e. The van der Waals surface area contributed by atoms with Gasteiger partial charge in [-0.05, 0) is 32.4 Å². The Morgan fingerprint density at radius 3 is 2.84 bits per heavy atom. The molecule has 0 saturated carbocycles. The predicted molar refractivity (Wildman–Crippen MR) is 72.4 cm³/mol. The second-order valence-electron chi connectivity index (χ2n) is 5.17. The maximum absolute atomic E-state index is 12.9. The first-order chi connectivity index (χ1) is 8.87. The van der Waals surface area contributed by atoms with Crippen LogP contribution in [0.4, 0.5) is 4.39 Å². The van der Waals surface area contributed by atoms with Gasteiger partial charge in [-0.25, -0.2) is 4.39 Å². The Labute approximate surface area is 113 Å². The third-order valence-electron chi connectivity index (χ3n) is 2.35. The number of benzene rings is 1. The minimum atomic E-state index is -0.409. The number of carbonyl (C=O) groups excluding carboxylic acids is 1. The average Bonchev–Trinajstić information content (AvgIpc) is 2.31. The summed E-state index contributed by atoms with van der Waals surface area (Å²) >= 11 is 0. The first kappa shape index (κ1) is 15.4. The van der Waals surface area contributed by atoms with Crippen LogP contribution in [0.1, 0.15) is 26.7 Å². The van der Waals surface area contributed by atoms with E-state index in [1.807, 2.05) is 13.8 Å². The fourth-order valence-corrected chi connectivity index (χ4v) is 1.39. The predicted octanol–water partition coefficient (Wildman–Crippen LogP) is 1.84. The van der Waals surface area contributed by atoms with Crippen LogP contribution in [0.3, 0.4) is 0 Å². The van der Waals surface area contributed by atoms with E-state index in [2.05, 4.69) is 5.32 Å². The maximum Gasteiger partial charge on any atom is 0.220 e. The summed E-state index contributed by atoms with van der Waals surface area (Å²) in [4.78, 5) is 11.5. The molecule has 0 spiro atoms. The highest BCUT2D eigenvalue weighted by atomic mass is 19.1. The zero-order valence-corrected chi connectivity index (χ0v) is 11.4. The van der Waals surface area contributed by atoms with Crippen molar-refractivity contribution in [1.82, 2.24) is 5.32 Å². The number of carbonyl (C=O) groups is 1. The van der Waals surface area contributed by atoms with E-state index in [-0.39, 0.29) is 11.7 Å². The van der Waals surface area contributed by atoms with E-state index in [0.717, 1.165) is 0 Å². The summed E-state index contributed by atoms with van der Waals surface area (Å²) in [5, 5.41) is 2.75. The van der Waals surface area contributed by atoms with E-state index in [9.17, 15) is 9.18 Å². The smallest absolute Gasteiger partial charge is 0.220 e. The Morgan fingerprint density at radius 1 is 1.47 bits per heavy atom. The summed E-state index contributed by atoms with van der Waals surface area (Å²) in [5.41, 5.74) is 5.34. The van der Waals surface area contributed by atoms with Gasteiger partial charge in [0.05, 0.1) is 6.61 Å². The van der Waals surface area contributed by atoms with Crippen LogP contribution in [0.15, 0.2) is 24.3 Å². The van der Waals surface area contributed by atoms with E-state index in [1.54, 1.807) is 12.1 Å². The highest BCUT2D eigenvalue weighted by Gasteiger charge is 2.11. The Morgan fingerprint density at radius 2 is 2.21 bits per heavy atom. The summed E-state index contributed by atoms with van der Waals surface area (Å²) in [7, 11) is 0. The van der Waals surface area contributed by atoms with Crippen LogP contribution >= 0.6 is 0 Å². The van der Waals surface area contributed by atoms with Crippen molar-refractivity contribution in [3.8, 4) is 5.75 Å². The standard InChI is InChI=1S/C14H21FN2O2/c1-14(2,16)10-17-13(18)7-4-8-19-12-6-3-5-11(15)9-12/h3,5-6,9H,4,7-8,10,16H2,1-2H3,(H,17,18). The molecule has 0 saturated heterocycles. The number of ether oxygens (including phenoxy) is 1. The van der Waals surface area contributed by atoms with Gasteiger partial charge >= 0.3 is 0 Å². The van der Waals surface area contributed by atoms with Crippen molar-refractivity contribution in [2.75, 3.05) is 13.2 Å². The number of nitrogens with two attached hydrogens (primary N) is 1. The molecule has 0 bridgehead atoms. The minimum absolute atomic E-state index is 0.0543. The van der Waals surface area contributed by atoms with Crippen LogP contribution in [0, 0.1) is 5.82 Å². The fourth-order valence-electron chi connectivity index (χ4n) is 1.39. The van der Waals surface area contributed by atoms with Gasteiger partial charge in [0.15, 0.2) is 0 Å². The van der Waals surface area contributed by atoms with Gasteiger partial charge in [-0.15, -0.1) is 0 Å². The molecule has 0 aliphatic rings. The van der Waals surface area contributed by atoms with Crippen molar-refractivity contribution < 1.29 is 13.9 Å². The molecular formula is C14H21FN2O2. The molecule has 1 amide bonds. The molecule has 0 radical (unpaired) electrons. The molecule has 0 fully saturated rings. The molecule has 5 heteroatoms. The van der Waals surface area contributed by atoms with Gasteiger partial charge in [-0.2, -0.15) is 0 Å². The molecule has 19 heavy (non-hydrogen) atoms. The summed E-state index contributed by atoms with van der Waals surface area (Å²) in [5.74, 6) is 0.0882. The summed E-state index contributed by atoms with van der Waals surface area (Å²) in [6.07, 6.45) is 0.943. The number of nitrogens with one attached hydrogen (secondary N) is 1. The van der Waals surface area contributed by atoms with Crippen LogP contribution in [-0.4, -0.2) is 24.6 Å². The van der Waals surface area contributed by atoms with Crippen LogP contribution in [0.25, 0.3) is 0 Å². The molecule has 0 heterocycles. The highest BCUT2D eigenvalue weighted by molar-refractivity contribution is 5.75. The van der Waals surface area contributed by atoms with Crippen LogP contribution in [-0.2, 0) is 4.79 Å². The Balaban J connectivity index is 2.15. The SMILES string of the molecule is CC(C)(N)CNC(=O)CCCOc1cccc(F)c1. The summed E-state index contributed by atoms with van der Waals surface area (Å²) in [6.45, 7) is 4.51. The molecule has 4 nitrogen and oxygen atoms in total. The topological polar surface area (TPSA) is 64.3 Å². The molecule has 3 N–H and O–H groups in total. The summed E-state index contributed by atoms with van der Waals surface area (Å²) < 4.78 is 18.2. The van der Waals surface area contributed by atoms with E-state index in [0.29, 0.717) is 31.7 Å². The quantitative estimate of drug-likeness (QED) is 0.742. The first-order valence-corrected chi connectivity index (χ1v) is 6.31. The second kappa shape index (κ2) is 7.09. The van der Waals surface area contributed by atoms with Crippen molar-refractivity contribution in [3.63, 3.8) is 0 Å². The Bertz CT molecular complexity index is 416. The van der Waals surface area contributed by atoms with Crippen molar-refractivity contribution >= 4 is 5.91 Å². The number of halogens is 1. The number of rotatable bonds is 7.